The molecule has 0 fully saturated rings. The number of primary amides is 1. The van der Waals surface area contributed by atoms with Gasteiger partial charge in [0, 0.05) is 6.42 Å². The monoisotopic (exact) mass is 979 g/mol. The number of aliphatic hydroxyl groups excluding tert-OH is 2. The Hall–Kier alpha value is -6.40. The number of nitrogens with one attached hydrogen (secondary N) is 8. The second kappa shape index (κ2) is 28.8. The van der Waals surface area contributed by atoms with Gasteiger partial charge in [-0.3, -0.25) is 43.2 Å². The maximum Gasteiger partial charge on any atom is 0.326 e. The van der Waals surface area contributed by atoms with E-state index in [1.54, 1.807) is 55.4 Å². The molecule has 0 aromatic heterocycles. The largest absolute Gasteiger partial charge is 0.508 e. The molecule has 1 aromatic rings. The first-order chi connectivity index (χ1) is 32.0. The van der Waals surface area contributed by atoms with Crippen LogP contribution in [0.4, 0.5) is 0 Å². The molecule has 0 aliphatic heterocycles. The summed E-state index contributed by atoms with van der Waals surface area (Å²) in [6.07, 6.45) is -2.32. The van der Waals surface area contributed by atoms with Crippen molar-refractivity contribution in [3.05, 3.63) is 29.8 Å². The fourth-order valence-electron chi connectivity index (χ4n) is 6.67. The fraction of sp³-hybridized carbons (Fsp3) is 0.644. The van der Waals surface area contributed by atoms with Crippen molar-refractivity contribution in [3.8, 4) is 5.75 Å². The van der Waals surface area contributed by atoms with Gasteiger partial charge >= 0.3 is 5.97 Å². The second-order valence-electron chi connectivity index (χ2n) is 18.6. The van der Waals surface area contributed by atoms with Crippen LogP contribution >= 0.6 is 0 Å². The molecular formula is C45H74N10O14. The number of carboxylic acid groups (broad SMARTS) is 1. The second-order valence-corrected chi connectivity index (χ2v) is 18.6. The predicted octanol–water partition coefficient (Wildman–Crippen LogP) is -3.10. The zero-order valence-corrected chi connectivity index (χ0v) is 41.0. The highest BCUT2D eigenvalue weighted by Gasteiger charge is 2.37. The highest BCUT2D eigenvalue weighted by molar-refractivity contribution is 5.99. The number of aliphatic hydroxyl groups is 2. The highest BCUT2D eigenvalue weighted by atomic mass is 16.4. The normalized spacial score (nSPS) is 15.7. The first kappa shape index (κ1) is 60.6. The first-order valence-corrected chi connectivity index (χ1v) is 22.8. The molecule has 0 spiro atoms. The molecule has 10 atom stereocenters. The molecular weight excluding hydrogens is 905 g/mol. The zero-order chi connectivity index (χ0) is 53.0. The molecule has 0 saturated carbocycles. The van der Waals surface area contributed by atoms with Gasteiger partial charge in [0.15, 0.2) is 0 Å². The quantitative estimate of drug-likeness (QED) is 0.0378. The topological polar surface area (TPSA) is 400 Å². The minimum absolute atomic E-state index is 0.0698. The molecule has 0 saturated heterocycles. The Morgan fingerprint density at radius 1 is 0.522 bits per heavy atom. The van der Waals surface area contributed by atoms with Gasteiger partial charge in [-0.2, -0.15) is 0 Å². The van der Waals surface area contributed by atoms with E-state index < -0.39 is 144 Å². The van der Waals surface area contributed by atoms with E-state index in [2.05, 4.69) is 42.5 Å². The number of carbonyl (C=O) groups excluding carboxylic acids is 9. The van der Waals surface area contributed by atoms with Crippen molar-refractivity contribution in [2.75, 3.05) is 6.61 Å². The van der Waals surface area contributed by atoms with E-state index >= 15 is 0 Å². The van der Waals surface area contributed by atoms with Crippen LogP contribution in [0.25, 0.3) is 0 Å². The Bertz CT molecular complexity index is 1950. The average Bonchev–Trinajstić information content (AvgIpc) is 3.24. The molecule has 9 amide bonds. The van der Waals surface area contributed by atoms with Gasteiger partial charge < -0.3 is 74.4 Å². The third-order valence-electron chi connectivity index (χ3n) is 10.6. The van der Waals surface area contributed by atoms with Gasteiger partial charge in [0.1, 0.15) is 60.1 Å². The highest BCUT2D eigenvalue weighted by Crippen LogP contribution is 2.14. The maximum absolute atomic E-state index is 14.0. The van der Waals surface area contributed by atoms with Crippen LogP contribution in [0, 0.1) is 23.7 Å². The summed E-state index contributed by atoms with van der Waals surface area (Å²) in [6.45, 7) is 15.1. The number of carbonyl (C=O) groups is 10. The van der Waals surface area contributed by atoms with Crippen molar-refractivity contribution in [2.45, 2.75) is 155 Å². The maximum atomic E-state index is 14.0. The van der Waals surface area contributed by atoms with Crippen LogP contribution < -0.4 is 54.0 Å². The van der Waals surface area contributed by atoms with E-state index in [0.29, 0.717) is 5.56 Å². The SMILES string of the molecule is CC(C)C[C@H](NC(=O)[C@@H](NC(=O)[C@H](C)NC(=O)[C@@H](NC(=O)[C@@H](NC(=O)[C@H](CC(N)=O)NC(=O)[C@H](Cc1ccc(O)cc1)NC(=O)[C@H](CC(C)C)NC(=O)[C@@H](N)CO)C(C)C)C(C)C)[C@@H](C)O)C(=O)O. The lowest BCUT2D eigenvalue weighted by Gasteiger charge is -2.30. The summed E-state index contributed by atoms with van der Waals surface area (Å²) >= 11 is 0. The lowest BCUT2D eigenvalue weighted by Crippen LogP contribution is -2.62. The third kappa shape index (κ3) is 21.2. The van der Waals surface area contributed by atoms with Crippen LogP contribution in [-0.4, -0.2) is 147 Å². The van der Waals surface area contributed by atoms with Gasteiger partial charge in [-0.15, -0.1) is 0 Å². The number of phenolic OH excluding ortho intramolecular Hbond substituents is 1. The summed E-state index contributed by atoms with van der Waals surface area (Å²) in [5.74, 6) is -11.4. The molecule has 1 rings (SSSR count). The molecule has 0 aliphatic rings. The van der Waals surface area contributed by atoms with E-state index in [1.807, 2.05) is 0 Å². The summed E-state index contributed by atoms with van der Waals surface area (Å²) < 4.78 is 0. The number of aliphatic carboxylic acids is 1. The summed E-state index contributed by atoms with van der Waals surface area (Å²) in [7, 11) is 0. The Morgan fingerprint density at radius 2 is 0.928 bits per heavy atom. The molecule has 388 valence electrons. The van der Waals surface area contributed by atoms with Gasteiger partial charge in [0.05, 0.1) is 19.1 Å². The zero-order valence-electron chi connectivity index (χ0n) is 41.0. The van der Waals surface area contributed by atoms with Crippen LogP contribution in [0.15, 0.2) is 24.3 Å². The van der Waals surface area contributed by atoms with Crippen molar-refractivity contribution in [2.24, 2.45) is 35.1 Å². The number of nitrogens with two attached hydrogens (primary N) is 2. The Labute approximate surface area is 402 Å². The summed E-state index contributed by atoms with van der Waals surface area (Å²) in [5.41, 5.74) is 11.6. The first-order valence-electron chi connectivity index (χ1n) is 22.8. The Morgan fingerprint density at radius 3 is 1.39 bits per heavy atom. The number of phenols is 1. The smallest absolute Gasteiger partial charge is 0.326 e. The van der Waals surface area contributed by atoms with Gasteiger partial charge in [0.2, 0.25) is 53.2 Å². The van der Waals surface area contributed by atoms with Gasteiger partial charge in [0.25, 0.3) is 0 Å². The van der Waals surface area contributed by atoms with Gasteiger partial charge in [-0.25, -0.2) is 4.79 Å². The number of aromatic hydroxyl groups is 1. The third-order valence-corrected chi connectivity index (χ3v) is 10.6. The minimum Gasteiger partial charge on any atom is -0.508 e. The van der Waals surface area contributed by atoms with Crippen molar-refractivity contribution in [1.29, 1.82) is 0 Å². The number of rotatable bonds is 29. The molecule has 1 aromatic carbocycles. The van der Waals surface area contributed by atoms with Crippen molar-refractivity contribution < 1.29 is 68.4 Å². The number of benzene rings is 1. The molecule has 24 heteroatoms. The number of hydrogen-bond acceptors (Lipinski definition) is 14. The molecule has 0 aliphatic carbocycles. The summed E-state index contributed by atoms with van der Waals surface area (Å²) in [6, 6.07) is -7.17. The van der Waals surface area contributed by atoms with Gasteiger partial charge in [-0.05, 0) is 68.1 Å². The van der Waals surface area contributed by atoms with Crippen molar-refractivity contribution in [1.82, 2.24) is 42.5 Å². The Balaban J connectivity index is 3.35. The van der Waals surface area contributed by atoms with E-state index in [-0.39, 0.29) is 36.8 Å². The number of hydrogen-bond donors (Lipinski definition) is 14. The van der Waals surface area contributed by atoms with Crippen LogP contribution in [0.1, 0.15) is 94.1 Å². The number of amides is 9. The van der Waals surface area contributed by atoms with E-state index in [1.165, 1.54) is 38.1 Å². The van der Waals surface area contributed by atoms with Gasteiger partial charge in [-0.1, -0.05) is 67.5 Å². The van der Waals surface area contributed by atoms with E-state index in [4.69, 9.17) is 11.5 Å². The molecule has 69 heavy (non-hydrogen) atoms. The summed E-state index contributed by atoms with van der Waals surface area (Å²) in [5, 5.41) is 58.6. The average molecular weight is 979 g/mol. The molecule has 0 unspecified atom stereocenters. The van der Waals surface area contributed by atoms with E-state index in [0.717, 1.165) is 0 Å². The Kier molecular flexibility index (Phi) is 25.3. The van der Waals surface area contributed by atoms with Crippen molar-refractivity contribution >= 4 is 59.1 Å². The molecule has 0 bridgehead atoms. The lowest BCUT2D eigenvalue weighted by molar-refractivity contribution is -0.143. The standard InChI is InChI=1S/C45H74N10O14/c1-20(2)15-29(49-38(61)28(46)19-56)39(62)50-30(17-26-11-13-27(58)14-12-26)40(63)51-31(18-33(47)59)41(64)53-35(23(7)8)43(66)54-34(22(5)6)42(65)48-24(9)37(60)55-36(25(10)57)44(67)52-32(45(68)69)16-21(3)4/h11-14,20-25,28-32,34-36,56-58H,15-19,46H2,1-10H3,(H2,47,59)(H,48,65)(H,49,61)(H,50,62)(H,51,63)(H,52,67)(H,53,64)(H,54,66)(H,55,60)(H,68,69)/t24-,25+,28-,29-,30-,31-,32-,34-,35-,36-/m0/s1. The molecule has 0 radical (unpaired) electrons. The molecule has 24 nitrogen and oxygen atoms in total. The van der Waals surface area contributed by atoms with E-state index in [9.17, 15) is 68.4 Å². The molecule has 0 heterocycles. The number of carboxylic acids is 1. The predicted molar refractivity (Wildman–Crippen MR) is 250 cm³/mol. The van der Waals surface area contributed by atoms with Crippen molar-refractivity contribution in [3.63, 3.8) is 0 Å². The fourth-order valence-corrected chi connectivity index (χ4v) is 6.67. The minimum atomic E-state index is -1.72. The summed E-state index contributed by atoms with van der Waals surface area (Å²) in [4.78, 5) is 132. The van der Waals surface area contributed by atoms with Crippen LogP contribution in [0.2, 0.25) is 0 Å². The van der Waals surface area contributed by atoms with Crippen LogP contribution in [-0.2, 0) is 54.4 Å². The lowest BCUT2D eigenvalue weighted by atomic mass is 9.98. The van der Waals surface area contributed by atoms with Crippen LogP contribution in [0.3, 0.4) is 0 Å². The van der Waals surface area contributed by atoms with Crippen LogP contribution in [0.5, 0.6) is 5.75 Å². The molecule has 16 N–H and O–H groups in total.